The summed E-state index contributed by atoms with van der Waals surface area (Å²) < 4.78 is 0. The Balaban J connectivity index is 2.94. The molecule has 0 aliphatic heterocycles. The van der Waals surface area contributed by atoms with Gasteiger partial charge in [0.15, 0.2) is 0 Å². The summed E-state index contributed by atoms with van der Waals surface area (Å²) in [6, 6.07) is 5.71. The lowest BCUT2D eigenvalue weighted by atomic mass is 10.3. The Kier molecular flexibility index (Phi) is 1.80. The largest absolute Gasteiger partial charge is 0.257 e. The van der Waals surface area contributed by atoms with Gasteiger partial charge in [0.2, 0.25) is 0 Å². The molecular weight excluding hydrogens is 112 g/mol. The molecule has 0 aliphatic rings. The summed E-state index contributed by atoms with van der Waals surface area (Å²) in [6.07, 6.45) is 0. The fourth-order valence-electron chi connectivity index (χ4n) is 0.698. The Morgan fingerprint density at radius 3 is 2.78 bits per heavy atom. The molecule has 0 bridgehead atoms. The van der Waals surface area contributed by atoms with E-state index < -0.39 is 0 Å². The molecule has 1 N–H and O–H groups in total. The lowest BCUT2D eigenvalue weighted by Crippen LogP contribution is -1.90. The van der Waals surface area contributed by atoms with E-state index >= 15 is 0 Å². The molecule has 2 nitrogen and oxygen atoms in total. The molecule has 0 spiro atoms. The van der Waals surface area contributed by atoms with Gasteiger partial charge in [0.1, 0.15) is 0 Å². The van der Waals surface area contributed by atoms with Crippen molar-refractivity contribution in [3.8, 4) is 0 Å². The van der Waals surface area contributed by atoms with Crippen LogP contribution >= 0.6 is 0 Å². The summed E-state index contributed by atoms with van der Waals surface area (Å²) in [6.45, 7) is 2.21. The van der Waals surface area contributed by atoms with Crippen molar-refractivity contribution >= 4 is 0 Å². The summed E-state index contributed by atoms with van der Waals surface area (Å²) in [4.78, 5) is 4.10. The first-order valence-corrected chi connectivity index (χ1v) is 2.90. The van der Waals surface area contributed by atoms with E-state index in [0.29, 0.717) is 0 Å². The predicted octanol–water partition coefficient (Wildman–Crippen LogP) is 1.17. The average molecular weight is 121 g/mol. The third-order valence-corrected chi connectivity index (χ3v) is 1.13. The number of hydrogen-bond donors (Lipinski definition) is 0. The van der Waals surface area contributed by atoms with Crippen LogP contribution in [-0.4, -0.2) is 4.98 Å². The highest BCUT2D eigenvalue weighted by molar-refractivity contribution is 5.09. The normalized spacial score (nSPS) is 9.56. The summed E-state index contributed by atoms with van der Waals surface area (Å²) in [5, 5.41) is 0. The summed E-state index contributed by atoms with van der Waals surface area (Å²) in [5.41, 5.74) is 8.81. The van der Waals surface area contributed by atoms with Gasteiger partial charge in [-0.2, -0.15) is 0 Å². The molecular formula is C7H9N2. The molecule has 0 aromatic carbocycles. The first-order valence-electron chi connectivity index (χ1n) is 2.90. The number of nitrogens with one attached hydrogen (secondary N) is 1. The number of hydrogen-bond acceptors (Lipinski definition) is 1. The minimum absolute atomic E-state index is 0.279. The van der Waals surface area contributed by atoms with Crippen molar-refractivity contribution in [2.24, 2.45) is 0 Å². The molecule has 0 unspecified atom stereocenters. The van der Waals surface area contributed by atoms with Gasteiger partial charge in [0, 0.05) is 5.69 Å². The Bertz CT molecular complexity index is 196. The van der Waals surface area contributed by atoms with Crippen LogP contribution in [0, 0.1) is 6.92 Å². The molecule has 1 rings (SSSR count). The first-order chi connectivity index (χ1) is 4.33. The molecule has 1 radical (unpaired) electrons. The molecule has 0 amide bonds. The first kappa shape index (κ1) is 6.23. The van der Waals surface area contributed by atoms with Crippen molar-refractivity contribution in [1.29, 1.82) is 0 Å². The van der Waals surface area contributed by atoms with E-state index in [1.165, 1.54) is 0 Å². The molecule has 2 heteroatoms. The van der Waals surface area contributed by atoms with Gasteiger partial charge in [-0.05, 0) is 19.1 Å². The maximum absolute atomic E-state index is 6.98. The van der Waals surface area contributed by atoms with Gasteiger partial charge < -0.3 is 0 Å². The zero-order chi connectivity index (χ0) is 6.69. The molecule has 0 saturated carbocycles. The van der Waals surface area contributed by atoms with Crippen LogP contribution in [0.2, 0.25) is 0 Å². The highest BCUT2D eigenvalue weighted by atomic mass is 14.7. The zero-order valence-electron chi connectivity index (χ0n) is 5.39. The molecule has 9 heavy (non-hydrogen) atoms. The second kappa shape index (κ2) is 2.60. The van der Waals surface area contributed by atoms with E-state index in [2.05, 4.69) is 4.98 Å². The van der Waals surface area contributed by atoms with Crippen molar-refractivity contribution < 1.29 is 0 Å². The second-order valence-electron chi connectivity index (χ2n) is 1.95. The van der Waals surface area contributed by atoms with Gasteiger partial charge >= 0.3 is 0 Å². The average Bonchev–Trinajstić information content (AvgIpc) is 1.88. The fraction of sp³-hybridized carbons (Fsp3) is 0.286. The topological polar surface area (TPSA) is 36.7 Å². The second-order valence-corrected chi connectivity index (χ2v) is 1.95. The minimum Gasteiger partial charge on any atom is -0.257 e. The SMILES string of the molecule is Cc1cccc(C[NH])n1. The Hall–Kier alpha value is -0.890. The van der Waals surface area contributed by atoms with Crippen molar-refractivity contribution in [3.63, 3.8) is 0 Å². The van der Waals surface area contributed by atoms with Gasteiger partial charge in [-0.25, -0.2) is 0 Å². The molecule has 0 saturated heterocycles. The monoisotopic (exact) mass is 121 g/mol. The Labute approximate surface area is 54.7 Å². The third kappa shape index (κ3) is 1.50. The molecule has 47 valence electrons. The van der Waals surface area contributed by atoms with Crippen LogP contribution in [0.3, 0.4) is 0 Å². The fourth-order valence-corrected chi connectivity index (χ4v) is 0.698. The third-order valence-electron chi connectivity index (χ3n) is 1.13. The van der Waals surface area contributed by atoms with Crippen LogP contribution in [0.15, 0.2) is 18.2 Å². The quantitative estimate of drug-likeness (QED) is 0.549. The van der Waals surface area contributed by atoms with Crippen LogP contribution in [-0.2, 0) is 6.54 Å². The summed E-state index contributed by atoms with van der Waals surface area (Å²) >= 11 is 0. The molecule has 0 atom stereocenters. The minimum atomic E-state index is 0.279. The Morgan fingerprint density at radius 1 is 1.56 bits per heavy atom. The number of pyridine rings is 1. The van der Waals surface area contributed by atoms with Crippen molar-refractivity contribution in [1.82, 2.24) is 10.7 Å². The maximum Gasteiger partial charge on any atom is 0.0558 e. The molecule has 0 aliphatic carbocycles. The molecule has 1 aromatic heterocycles. The van der Waals surface area contributed by atoms with Gasteiger partial charge in [0.05, 0.1) is 12.2 Å². The van der Waals surface area contributed by atoms with E-state index in [0.717, 1.165) is 11.4 Å². The van der Waals surface area contributed by atoms with Crippen LogP contribution in [0.1, 0.15) is 11.4 Å². The van der Waals surface area contributed by atoms with E-state index in [9.17, 15) is 0 Å². The van der Waals surface area contributed by atoms with Crippen LogP contribution in [0.25, 0.3) is 0 Å². The summed E-state index contributed by atoms with van der Waals surface area (Å²) in [7, 11) is 0. The molecule has 1 aromatic rings. The van der Waals surface area contributed by atoms with E-state index in [4.69, 9.17) is 5.73 Å². The van der Waals surface area contributed by atoms with Crippen molar-refractivity contribution in [3.05, 3.63) is 29.6 Å². The zero-order valence-corrected chi connectivity index (χ0v) is 5.39. The molecule has 1 heterocycles. The number of nitrogens with zero attached hydrogens (tertiary/aromatic N) is 1. The van der Waals surface area contributed by atoms with Crippen molar-refractivity contribution in [2.75, 3.05) is 0 Å². The number of rotatable bonds is 1. The smallest absolute Gasteiger partial charge is 0.0558 e. The van der Waals surface area contributed by atoms with E-state index in [-0.39, 0.29) is 6.54 Å². The van der Waals surface area contributed by atoms with Gasteiger partial charge in [-0.1, -0.05) is 6.07 Å². The van der Waals surface area contributed by atoms with Gasteiger partial charge in [-0.15, -0.1) is 0 Å². The predicted molar refractivity (Wildman–Crippen MR) is 35.8 cm³/mol. The maximum atomic E-state index is 6.98. The molecule has 0 fully saturated rings. The van der Waals surface area contributed by atoms with Crippen LogP contribution < -0.4 is 5.73 Å². The number of aromatic nitrogens is 1. The van der Waals surface area contributed by atoms with Crippen molar-refractivity contribution in [2.45, 2.75) is 13.5 Å². The van der Waals surface area contributed by atoms with Gasteiger partial charge in [0.25, 0.3) is 0 Å². The standard InChI is InChI=1S/C7H9N2/c1-6-3-2-4-7(5-8)9-6/h2-4,8H,5H2,1H3. The lowest BCUT2D eigenvalue weighted by molar-refractivity contribution is 0.943. The highest BCUT2D eigenvalue weighted by Gasteiger charge is 1.88. The van der Waals surface area contributed by atoms with Crippen LogP contribution in [0.5, 0.6) is 0 Å². The van der Waals surface area contributed by atoms with E-state index in [1.807, 2.05) is 25.1 Å². The Morgan fingerprint density at radius 2 is 2.33 bits per heavy atom. The highest BCUT2D eigenvalue weighted by Crippen LogP contribution is 1.95. The number of aryl methyl sites for hydroxylation is 1. The van der Waals surface area contributed by atoms with Crippen LogP contribution in [0.4, 0.5) is 0 Å². The van der Waals surface area contributed by atoms with E-state index in [1.54, 1.807) is 0 Å². The van der Waals surface area contributed by atoms with Gasteiger partial charge in [-0.3, -0.25) is 10.7 Å². The lowest BCUT2D eigenvalue weighted by Gasteiger charge is -1.94. The summed E-state index contributed by atoms with van der Waals surface area (Å²) in [5.74, 6) is 0.